The monoisotopic (exact) mass is 336 g/mol. The Morgan fingerprint density at radius 1 is 1.12 bits per heavy atom. The summed E-state index contributed by atoms with van der Waals surface area (Å²) in [6.45, 7) is 3.11. The zero-order valence-electron chi connectivity index (χ0n) is 14.5. The molecule has 1 unspecified atom stereocenters. The van der Waals surface area contributed by atoms with Crippen molar-refractivity contribution in [2.24, 2.45) is 0 Å². The first-order valence-electron chi connectivity index (χ1n) is 8.66. The van der Waals surface area contributed by atoms with Crippen LogP contribution in [-0.4, -0.2) is 32.5 Å². The van der Waals surface area contributed by atoms with Gasteiger partial charge in [-0.25, -0.2) is 4.68 Å². The number of para-hydroxylation sites is 1. The maximum Gasteiger partial charge on any atom is 0.0973 e. The average Bonchev–Trinajstić information content (AvgIpc) is 3.10. The van der Waals surface area contributed by atoms with Crippen LogP contribution in [0.25, 0.3) is 16.9 Å². The molecule has 2 heterocycles. The molecule has 0 spiro atoms. The number of nitrogens with zero attached hydrogens (tertiary/aromatic N) is 3. The van der Waals surface area contributed by atoms with E-state index in [9.17, 15) is 0 Å². The number of aromatic nitrogens is 3. The number of aliphatic hydroxyl groups excluding tert-OH is 1. The van der Waals surface area contributed by atoms with Crippen LogP contribution in [0.5, 0.6) is 0 Å². The predicted octanol–water partition coefficient (Wildman–Crippen LogP) is 3.18. The van der Waals surface area contributed by atoms with Gasteiger partial charge in [0.15, 0.2) is 0 Å². The molecule has 0 saturated carbocycles. The van der Waals surface area contributed by atoms with Crippen molar-refractivity contribution in [3.8, 4) is 16.9 Å². The zero-order chi connectivity index (χ0) is 17.5. The van der Waals surface area contributed by atoms with Gasteiger partial charge in [-0.05, 0) is 44.0 Å². The lowest BCUT2D eigenvalue weighted by Gasteiger charge is -2.12. The van der Waals surface area contributed by atoms with Gasteiger partial charge in [-0.3, -0.25) is 4.98 Å². The smallest absolute Gasteiger partial charge is 0.0973 e. The van der Waals surface area contributed by atoms with E-state index in [1.807, 2.05) is 47.1 Å². The van der Waals surface area contributed by atoms with E-state index < -0.39 is 0 Å². The van der Waals surface area contributed by atoms with Crippen molar-refractivity contribution in [3.63, 3.8) is 0 Å². The molecule has 0 bridgehead atoms. The van der Waals surface area contributed by atoms with Crippen LogP contribution in [0.15, 0.2) is 61.1 Å². The molecule has 0 radical (unpaired) electrons. The highest BCUT2D eigenvalue weighted by molar-refractivity contribution is 5.62. The van der Waals surface area contributed by atoms with Crippen molar-refractivity contribution in [1.82, 2.24) is 20.1 Å². The molecular weight excluding hydrogens is 312 g/mol. The van der Waals surface area contributed by atoms with E-state index in [2.05, 4.69) is 23.4 Å². The van der Waals surface area contributed by atoms with Gasteiger partial charge in [0.25, 0.3) is 0 Å². The summed E-state index contributed by atoms with van der Waals surface area (Å²) in [6.07, 6.45) is 7.43. The fourth-order valence-corrected chi connectivity index (χ4v) is 2.79. The minimum atomic E-state index is 0.236. The molecule has 0 fully saturated rings. The fraction of sp³-hybridized carbons (Fsp3) is 0.300. The normalized spacial score (nSPS) is 12.2. The largest absolute Gasteiger partial charge is 0.396 e. The van der Waals surface area contributed by atoms with Gasteiger partial charge < -0.3 is 10.4 Å². The van der Waals surface area contributed by atoms with E-state index >= 15 is 0 Å². The topological polar surface area (TPSA) is 63.0 Å². The van der Waals surface area contributed by atoms with Crippen molar-refractivity contribution in [2.75, 3.05) is 6.61 Å². The SMILES string of the molecule is CC(CCCO)NCc1cn(-c2ccccc2)nc1-c1ccncc1. The quantitative estimate of drug-likeness (QED) is 0.663. The molecule has 2 N–H and O–H groups in total. The molecule has 3 aromatic rings. The first-order chi connectivity index (χ1) is 12.3. The second kappa shape index (κ2) is 8.55. The lowest BCUT2D eigenvalue weighted by atomic mass is 10.1. The van der Waals surface area contributed by atoms with Crippen LogP contribution in [-0.2, 0) is 6.54 Å². The molecule has 3 rings (SSSR count). The van der Waals surface area contributed by atoms with Gasteiger partial charge in [0.2, 0.25) is 0 Å². The summed E-state index contributed by atoms with van der Waals surface area (Å²) >= 11 is 0. The van der Waals surface area contributed by atoms with Gasteiger partial charge in [-0.15, -0.1) is 0 Å². The first kappa shape index (κ1) is 17.3. The highest BCUT2D eigenvalue weighted by Crippen LogP contribution is 2.23. The number of hydrogen-bond acceptors (Lipinski definition) is 4. The van der Waals surface area contributed by atoms with Crippen molar-refractivity contribution in [3.05, 3.63) is 66.6 Å². The third-order valence-electron chi connectivity index (χ3n) is 4.20. The first-order valence-corrected chi connectivity index (χ1v) is 8.66. The Bertz CT molecular complexity index is 771. The van der Waals surface area contributed by atoms with Gasteiger partial charge in [0, 0.05) is 48.9 Å². The van der Waals surface area contributed by atoms with Crippen molar-refractivity contribution >= 4 is 0 Å². The van der Waals surface area contributed by atoms with Gasteiger partial charge in [0.05, 0.1) is 11.4 Å². The van der Waals surface area contributed by atoms with E-state index in [4.69, 9.17) is 10.2 Å². The third-order valence-corrected chi connectivity index (χ3v) is 4.20. The second-order valence-corrected chi connectivity index (χ2v) is 6.17. The number of aliphatic hydroxyl groups is 1. The highest BCUT2D eigenvalue weighted by atomic mass is 16.2. The van der Waals surface area contributed by atoms with Crippen LogP contribution in [0.1, 0.15) is 25.3 Å². The molecule has 0 aliphatic rings. The fourth-order valence-electron chi connectivity index (χ4n) is 2.79. The Balaban J connectivity index is 1.86. The summed E-state index contributed by atoms with van der Waals surface area (Å²) in [7, 11) is 0. The van der Waals surface area contributed by atoms with Crippen LogP contribution in [0.2, 0.25) is 0 Å². The van der Waals surface area contributed by atoms with Crippen LogP contribution >= 0.6 is 0 Å². The van der Waals surface area contributed by atoms with Crippen LogP contribution in [0, 0.1) is 0 Å². The predicted molar refractivity (Wildman–Crippen MR) is 99.4 cm³/mol. The standard InChI is InChI=1S/C20H24N4O/c1-16(6-5-13-25)22-14-18-15-24(19-7-3-2-4-8-19)23-20(18)17-9-11-21-12-10-17/h2-4,7-12,15-16,22,25H,5-6,13-14H2,1H3. The molecule has 5 heteroatoms. The van der Waals surface area contributed by atoms with Gasteiger partial charge in [0.1, 0.15) is 0 Å². The number of rotatable bonds is 8. The van der Waals surface area contributed by atoms with Crippen molar-refractivity contribution in [2.45, 2.75) is 32.4 Å². The summed E-state index contributed by atoms with van der Waals surface area (Å²) in [5, 5.41) is 17.3. The Kier molecular flexibility index (Phi) is 5.93. The summed E-state index contributed by atoms with van der Waals surface area (Å²) in [6, 6.07) is 14.4. The minimum absolute atomic E-state index is 0.236. The van der Waals surface area contributed by atoms with Gasteiger partial charge >= 0.3 is 0 Å². The van der Waals surface area contributed by atoms with E-state index in [1.165, 1.54) is 0 Å². The van der Waals surface area contributed by atoms with Gasteiger partial charge in [-0.2, -0.15) is 5.10 Å². The Labute approximate surface area is 148 Å². The lowest BCUT2D eigenvalue weighted by molar-refractivity contribution is 0.276. The van der Waals surface area contributed by atoms with Crippen LogP contribution in [0.4, 0.5) is 0 Å². The summed E-state index contributed by atoms with van der Waals surface area (Å²) in [5.41, 5.74) is 4.21. The molecule has 0 saturated heterocycles. The minimum Gasteiger partial charge on any atom is -0.396 e. The number of pyridine rings is 1. The Morgan fingerprint density at radius 3 is 2.60 bits per heavy atom. The molecule has 2 aromatic heterocycles. The Morgan fingerprint density at radius 2 is 1.88 bits per heavy atom. The second-order valence-electron chi connectivity index (χ2n) is 6.17. The van der Waals surface area contributed by atoms with Crippen molar-refractivity contribution < 1.29 is 5.11 Å². The van der Waals surface area contributed by atoms with E-state index in [-0.39, 0.29) is 6.61 Å². The summed E-state index contributed by atoms with van der Waals surface area (Å²) in [5.74, 6) is 0. The molecule has 0 aliphatic carbocycles. The number of hydrogen-bond donors (Lipinski definition) is 2. The molecular formula is C20H24N4O. The molecule has 0 aliphatic heterocycles. The average molecular weight is 336 g/mol. The molecule has 25 heavy (non-hydrogen) atoms. The summed E-state index contributed by atoms with van der Waals surface area (Å²) in [4.78, 5) is 4.10. The zero-order valence-corrected chi connectivity index (χ0v) is 14.5. The number of nitrogens with one attached hydrogen (secondary N) is 1. The van der Waals surface area contributed by atoms with Crippen LogP contribution < -0.4 is 5.32 Å². The molecule has 1 atom stereocenters. The molecule has 130 valence electrons. The number of benzene rings is 1. The maximum atomic E-state index is 8.98. The highest BCUT2D eigenvalue weighted by Gasteiger charge is 2.13. The van der Waals surface area contributed by atoms with E-state index in [0.29, 0.717) is 6.04 Å². The maximum absolute atomic E-state index is 8.98. The molecule has 1 aromatic carbocycles. The molecule has 5 nitrogen and oxygen atoms in total. The van der Waals surface area contributed by atoms with E-state index in [1.54, 1.807) is 12.4 Å². The van der Waals surface area contributed by atoms with E-state index in [0.717, 1.165) is 41.9 Å². The molecule has 0 amide bonds. The van der Waals surface area contributed by atoms with Gasteiger partial charge in [-0.1, -0.05) is 18.2 Å². The van der Waals surface area contributed by atoms with Crippen LogP contribution in [0.3, 0.4) is 0 Å². The summed E-state index contributed by atoms with van der Waals surface area (Å²) < 4.78 is 1.92. The Hall–Kier alpha value is -2.50. The third kappa shape index (κ3) is 4.53. The lowest BCUT2D eigenvalue weighted by Crippen LogP contribution is -2.25. The van der Waals surface area contributed by atoms with Crippen molar-refractivity contribution in [1.29, 1.82) is 0 Å².